The van der Waals surface area contributed by atoms with Crippen LogP contribution in [0.4, 0.5) is 5.82 Å². The number of fused-ring (bicyclic) bond motifs is 2. The monoisotopic (exact) mass is 262 g/mol. The number of hydrogen-bond donors (Lipinski definition) is 2. The molecule has 6 nitrogen and oxygen atoms in total. The van der Waals surface area contributed by atoms with Crippen molar-refractivity contribution < 1.29 is 0 Å². The number of nitrogens with one attached hydrogen (secondary N) is 1. The molecule has 0 bridgehead atoms. The number of aromatic nitrogens is 5. The van der Waals surface area contributed by atoms with E-state index in [-0.39, 0.29) is 0 Å². The molecular formula is C14H10N6. The van der Waals surface area contributed by atoms with Crippen LogP contribution in [0.15, 0.2) is 42.9 Å². The first-order valence-corrected chi connectivity index (χ1v) is 6.13. The fraction of sp³-hybridized carbons (Fsp3) is 0. The standard InChI is InChI=1S/C14H10N6/c15-12-11-14(18-7-17-12)20-13(19-11)9-5-1-3-8-4-2-6-16-10(8)9/h1-7H,(H3,15,17,18,19,20). The molecule has 0 saturated carbocycles. The van der Waals surface area contributed by atoms with Gasteiger partial charge in [0.05, 0.1) is 5.52 Å². The number of anilines is 1. The Bertz CT molecular complexity index is 922. The minimum absolute atomic E-state index is 0.391. The summed E-state index contributed by atoms with van der Waals surface area (Å²) in [6.07, 6.45) is 3.17. The van der Waals surface area contributed by atoms with E-state index in [0.717, 1.165) is 16.5 Å². The second kappa shape index (κ2) is 3.99. The predicted octanol–water partition coefficient (Wildman–Crippen LogP) is 2.15. The zero-order valence-corrected chi connectivity index (χ0v) is 10.4. The lowest BCUT2D eigenvalue weighted by atomic mass is 10.1. The smallest absolute Gasteiger partial charge is 0.183 e. The Hall–Kier alpha value is -3.02. The predicted molar refractivity (Wildman–Crippen MR) is 76.8 cm³/mol. The van der Waals surface area contributed by atoms with Crippen LogP contribution in [-0.4, -0.2) is 24.9 Å². The van der Waals surface area contributed by atoms with Gasteiger partial charge in [0, 0.05) is 17.1 Å². The van der Waals surface area contributed by atoms with Gasteiger partial charge < -0.3 is 10.7 Å². The number of nitrogens with zero attached hydrogens (tertiary/aromatic N) is 4. The molecule has 0 aliphatic heterocycles. The third kappa shape index (κ3) is 1.51. The molecule has 0 aliphatic rings. The molecule has 96 valence electrons. The molecule has 0 radical (unpaired) electrons. The van der Waals surface area contributed by atoms with Gasteiger partial charge in [-0.2, -0.15) is 0 Å². The molecule has 3 heterocycles. The van der Waals surface area contributed by atoms with Crippen LogP contribution >= 0.6 is 0 Å². The van der Waals surface area contributed by atoms with E-state index < -0.39 is 0 Å². The molecule has 0 spiro atoms. The summed E-state index contributed by atoms with van der Waals surface area (Å²) in [6.45, 7) is 0. The van der Waals surface area contributed by atoms with Gasteiger partial charge >= 0.3 is 0 Å². The van der Waals surface area contributed by atoms with E-state index in [4.69, 9.17) is 5.73 Å². The van der Waals surface area contributed by atoms with Crippen molar-refractivity contribution in [1.29, 1.82) is 0 Å². The first kappa shape index (κ1) is 10.9. The van der Waals surface area contributed by atoms with Crippen LogP contribution in [0, 0.1) is 0 Å². The van der Waals surface area contributed by atoms with Gasteiger partial charge in [-0.15, -0.1) is 0 Å². The van der Waals surface area contributed by atoms with E-state index in [1.807, 2.05) is 30.3 Å². The van der Waals surface area contributed by atoms with Crippen molar-refractivity contribution in [2.24, 2.45) is 0 Å². The molecule has 4 aromatic rings. The number of imidazole rings is 1. The van der Waals surface area contributed by atoms with Crippen LogP contribution in [0.1, 0.15) is 0 Å². The molecule has 0 fully saturated rings. The van der Waals surface area contributed by atoms with Gasteiger partial charge in [-0.3, -0.25) is 4.98 Å². The number of nitrogens with two attached hydrogens (primary N) is 1. The second-order valence-corrected chi connectivity index (χ2v) is 4.42. The summed E-state index contributed by atoms with van der Waals surface area (Å²) < 4.78 is 0. The summed E-state index contributed by atoms with van der Waals surface area (Å²) >= 11 is 0. The Morgan fingerprint density at radius 1 is 1.00 bits per heavy atom. The molecule has 20 heavy (non-hydrogen) atoms. The van der Waals surface area contributed by atoms with Crippen molar-refractivity contribution in [2.75, 3.05) is 5.73 Å². The molecule has 0 unspecified atom stereocenters. The van der Waals surface area contributed by atoms with Gasteiger partial charge in [0.1, 0.15) is 17.7 Å². The van der Waals surface area contributed by atoms with Crippen LogP contribution < -0.4 is 5.73 Å². The topological polar surface area (TPSA) is 93.4 Å². The summed E-state index contributed by atoms with van der Waals surface area (Å²) in [4.78, 5) is 20.1. The molecule has 6 heteroatoms. The maximum absolute atomic E-state index is 5.82. The summed E-state index contributed by atoms with van der Waals surface area (Å²) in [5.41, 5.74) is 8.83. The van der Waals surface area contributed by atoms with E-state index in [2.05, 4.69) is 24.9 Å². The molecule has 3 aromatic heterocycles. The normalized spacial score (nSPS) is 11.2. The van der Waals surface area contributed by atoms with Crippen LogP contribution in [0.5, 0.6) is 0 Å². The van der Waals surface area contributed by atoms with E-state index in [9.17, 15) is 0 Å². The zero-order valence-electron chi connectivity index (χ0n) is 10.4. The van der Waals surface area contributed by atoms with Gasteiger partial charge in [0.25, 0.3) is 0 Å². The van der Waals surface area contributed by atoms with Crippen molar-refractivity contribution >= 4 is 27.9 Å². The molecule has 1 aromatic carbocycles. The highest BCUT2D eigenvalue weighted by molar-refractivity contribution is 5.94. The number of hydrogen-bond acceptors (Lipinski definition) is 5. The molecule has 0 aliphatic carbocycles. The van der Waals surface area contributed by atoms with Crippen molar-refractivity contribution in [3.63, 3.8) is 0 Å². The van der Waals surface area contributed by atoms with Crippen molar-refractivity contribution in [3.8, 4) is 11.4 Å². The summed E-state index contributed by atoms with van der Waals surface area (Å²) in [5, 5.41) is 1.06. The lowest BCUT2D eigenvalue weighted by molar-refractivity contribution is 1.21. The Kier molecular flexibility index (Phi) is 2.17. The average Bonchev–Trinajstić information content (AvgIpc) is 2.92. The van der Waals surface area contributed by atoms with Crippen LogP contribution in [-0.2, 0) is 0 Å². The van der Waals surface area contributed by atoms with Crippen molar-refractivity contribution in [3.05, 3.63) is 42.9 Å². The molecule has 0 amide bonds. The first-order valence-electron chi connectivity index (χ1n) is 6.13. The number of pyridine rings is 1. The maximum Gasteiger partial charge on any atom is 0.183 e. The van der Waals surface area contributed by atoms with E-state index >= 15 is 0 Å². The average molecular weight is 262 g/mol. The van der Waals surface area contributed by atoms with Crippen LogP contribution in [0.3, 0.4) is 0 Å². The van der Waals surface area contributed by atoms with Crippen molar-refractivity contribution in [2.45, 2.75) is 0 Å². The molecule has 3 N–H and O–H groups in total. The molecule has 0 saturated heterocycles. The minimum Gasteiger partial charge on any atom is -0.382 e. The van der Waals surface area contributed by atoms with Crippen LogP contribution in [0.2, 0.25) is 0 Å². The lowest BCUT2D eigenvalue weighted by Crippen LogP contribution is -1.91. The lowest BCUT2D eigenvalue weighted by Gasteiger charge is -2.01. The van der Waals surface area contributed by atoms with E-state index in [1.165, 1.54) is 6.33 Å². The number of para-hydroxylation sites is 1. The number of rotatable bonds is 1. The highest BCUT2D eigenvalue weighted by Gasteiger charge is 2.11. The highest BCUT2D eigenvalue weighted by Crippen LogP contribution is 2.27. The minimum atomic E-state index is 0.391. The second-order valence-electron chi connectivity index (χ2n) is 4.42. The largest absolute Gasteiger partial charge is 0.382 e. The third-order valence-corrected chi connectivity index (χ3v) is 3.21. The van der Waals surface area contributed by atoms with Crippen molar-refractivity contribution in [1.82, 2.24) is 24.9 Å². The Morgan fingerprint density at radius 2 is 1.90 bits per heavy atom. The molecule has 4 rings (SSSR count). The quantitative estimate of drug-likeness (QED) is 0.548. The van der Waals surface area contributed by atoms with Crippen LogP contribution in [0.25, 0.3) is 33.5 Å². The fourth-order valence-electron chi connectivity index (χ4n) is 2.27. The summed E-state index contributed by atoms with van der Waals surface area (Å²) in [7, 11) is 0. The maximum atomic E-state index is 5.82. The highest BCUT2D eigenvalue weighted by atomic mass is 15.0. The Morgan fingerprint density at radius 3 is 2.80 bits per heavy atom. The third-order valence-electron chi connectivity index (χ3n) is 3.21. The molecular weight excluding hydrogens is 252 g/mol. The Balaban J connectivity index is 2.04. The summed E-state index contributed by atoms with van der Waals surface area (Å²) in [6, 6.07) is 9.89. The van der Waals surface area contributed by atoms with Gasteiger partial charge in [-0.1, -0.05) is 18.2 Å². The molecule has 0 atom stereocenters. The number of benzene rings is 1. The SMILES string of the molecule is Nc1ncnc2nc(-c3cccc4cccnc34)[nH]c12. The van der Waals surface area contributed by atoms with Gasteiger partial charge in [0.2, 0.25) is 0 Å². The van der Waals surface area contributed by atoms with Gasteiger partial charge in [0.15, 0.2) is 11.5 Å². The fourth-order valence-corrected chi connectivity index (χ4v) is 2.27. The number of H-pyrrole nitrogens is 1. The first-order chi connectivity index (χ1) is 9.83. The number of aromatic amines is 1. The van der Waals surface area contributed by atoms with E-state index in [0.29, 0.717) is 22.8 Å². The summed E-state index contributed by atoms with van der Waals surface area (Å²) in [5.74, 6) is 1.08. The van der Waals surface area contributed by atoms with E-state index in [1.54, 1.807) is 6.20 Å². The van der Waals surface area contributed by atoms with Gasteiger partial charge in [-0.05, 0) is 12.1 Å². The van der Waals surface area contributed by atoms with Gasteiger partial charge in [-0.25, -0.2) is 15.0 Å². The number of nitrogen functional groups attached to an aromatic ring is 1. The Labute approximate surface area is 113 Å². The zero-order chi connectivity index (χ0) is 13.5.